The van der Waals surface area contributed by atoms with Crippen molar-refractivity contribution in [3.63, 3.8) is 0 Å². The maximum absolute atomic E-state index is 10.7. The van der Waals surface area contributed by atoms with Crippen LogP contribution in [-0.2, 0) is 6.42 Å². The Morgan fingerprint density at radius 2 is 2.38 bits per heavy atom. The molecule has 0 spiro atoms. The van der Waals surface area contributed by atoms with E-state index in [1.54, 1.807) is 0 Å². The van der Waals surface area contributed by atoms with E-state index < -0.39 is 0 Å². The summed E-state index contributed by atoms with van der Waals surface area (Å²) >= 11 is 0. The number of hydrogen-bond acceptors (Lipinski definition) is 2. The van der Waals surface area contributed by atoms with Crippen LogP contribution in [0.1, 0.15) is 23.1 Å². The topological polar surface area (TPSA) is 34.4 Å². The lowest BCUT2D eigenvalue weighted by atomic mass is 10.3. The molecule has 0 aliphatic carbocycles. The predicted octanol–water partition coefficient (Wildman–Crippen LogP) is 1.71. The highest BCUT2D eigenvalue weighted by atomic mass is 16.1. The summed E-state index contributed by atoms with van der Waals surface area (Å²) in [5, 5.41) is 0. The molecule has 0 amide bonds. The minimum atomic E-state index is 0.550. The summed E-state index contributed by atoms with van der Waals surface area (Å²) in [7, 11) is 0. The molecule has 2 rings (SSSR count). The Bertz CT molecular complexity index is 445. The Hall–Kier alpha value is -1.64. The first-order chi connectivity index (χ1) is 6.36. The first-order valence-electron chi connectivity index (χ1n) is 4.28. The summed E-state index contributed by atoms with van der Waals surface area (Å²) in [4.78, 5) is 14.9. The normalized spacial score (nSPS) is 10.5. The van der Waals surface area contributed by atoms with Crippen molar-refractivity contribution in [3.05, 3.63) is 35.8 Å². The summed E-state index contributed by atoms with van der Waals surface area (Å²) in [5.74, 6) is 0. The molecule has 3 heteroatoms. The molecule has 0 radical (unpaired) electrons. The number of pyridine rings is 1. The molecule has 0 fully saturated rings. The highest BCUT2D eigenvalue weighted by Gasteiger charge is 2.07. The van der Waals surface area contributed by atoms with Gasteiger partial charge in [-0.05, 0) is 18.6 Å². The molecule has 0 N–H and O–H groups in total. The summed E-state index contributed by atoms with van der Waals surface area (Å²) in [6.45, 7) is 2.02. The number of aryl methyl sites for hydroxylation is 1. The van der Waals surface area contributed by atoms with Crippen LogP contribution in [0.5, 0.6) is 0 Å². The van der Waals surface area contributed by atoms with Crippen molar-refractivity contribution < 1.29 is 4.79 Å². The average molecular weight is 174 g/mol. The van der Waals surface area contributed by atoms with E-state index in [0.29, 0.717) is 5.69 Å². The zero-order valence-corrected chi connectivity index (χ0v) is 7.40. The van der Waals surface area contributed by atoms with Crippen LogP contribution < -0.4 is 0 Å². The van der Waals surface area contributed by atoms with Gasteiger partial charge in [-0.15, -0.1) is 0 Å². The second-order valence-electron chi connectivity index (χ2n) is 2.84. The summed E-state index contributed by atoms with van der Waals surface area (Å²) < 4.78 is 1.95. The zero-order valence-electron chi connectivity index (χ0n) is 7.40. The average Bonchev–Trinajstić information content (AvgIpc) is 2.55. The van der Waals surface area contributed by atoms with E-state index in [0.717, 1.165) is 24.0 Å². The Morgan fingerprint density at radius 1 is 1.54 bits per heavy atom. The van der Waals surface area contributed by atoms with E-state index in [1.165, 1.54) is 0 Å². The number of nitrogens with zero attached hydrogens (tertiary/aromatic N) is 2. The van der Waals surface area contributed by atoms with Gasteiger partial charge in [-0.3, -0.25) is 4.79 Å². The van der Waals surface area contributed by atoms with Gasteiger partial charge in [-0.1, -0.05) is 13.0 Å². The summed E-state index contributed by atoms with van der Waals surface area (Å²) in [6.07, 6.45) is 3.55. The molecular formula is C10H10N2O. The number of fused-ring (bicyclic) bond motifs is 1. The monoisotopic (exact) mass is 174 g/mol. The van der Waals surface area contributed by atoms with Gasteiger partial charge < -0.3 is 4.40 Å². The second kappa shape index (κ2) is 3.01. The maximum atomic E-state index is 10.7. The van der Waals surface area contributed by atoms with Crippen molar-refractivity contribution in [2.75, 3.05) is 0 Å². The van der Waals surface area contributed by atoms with Gasteiger partial charge in [0.1, 0.15) is 11.3 Å². The molecule has 0 aliphatic heterocycles. The molecule has 0 aromatic carbocycles. The van der Waals surface area contributed by atoms with Crippen molar-refractivity contribution in [2.24, 2.45) is 0 Å². The highest BCUT2D eigenvalue weighted by Crippen LogP contribution is 2.10. The van der Waals surface area contributed by atoms with Crippen molar-refractivity contribution in [3.8, 4) is 0 Å². The number of carbonyl (C=O) groups excluding carboxylic acids is 1. The van der Waals surface area contributed by atoms with E-state index >= 15 is 0 Å². The number of carbonyl (C=O) groups is 1. The van der Waals surface area contributed by atoms with Crippen LogP contribution in [0.15, 0.2) is 24.4 Å². The predicted molar refractivity (Wildman–Crippen MR) is 50.0 cm³/mol. The first kappa shape index (κ1) is 7.98. The molecule has 3 nitrogen and oxygen atoms in total. The quantitative estimate of drug-likeness (QED) is 0.649. The van der Waals surface area contributed by atoms with Crippen LogP contribution in [0, 0.1) is 0 Å². The SMILES string of the molecule is CCc1c(C=O)nc2ccccn12. The van der Waals surface area contributed by atoms with Crippen molar-refractivity contribution in [1.82, 2.24) is 9.38 Å². The summed E-state index contributed by atoms with van der Waals surface area (Å²) in [6, 6.07) is 5.74. The van der Waals surface area contributed by atoms with Crippen LogP contribution in [0.2, 0.25) is 0 Å². The standard InChI is InChI=1S/C10H10N2O/c1-2-9-8(7-13)11-10-5-3-4-6-12(9)10/h3-7H,2H2,1H3. The van der Waals surface area contributed by atoms with Gasteiger partial charge in [-0.2, -0.15) is 0 Å². The smallest absolute Gasteiger partial charge is 0.170 e. The third kappa shape index (κ3) is 1.13. The molecule has 0 saturated carbocycles. The lowest BCUT2D eigenvalue weighted by molar-refractivity contribution is 0.111. The van der Waals surface area contributed by atoms with Gasteiger partial charge in [-0.25, -0.2) is 4.98 Å². The van der Waals surface area contributed by atoms with Crippen molar-refractivity contribution in [1.29, 1.82) is 0 Å². The molecule has 0 saturated heterocycles. The molecule has 2 heterocycles. The van der Waals surface area contributed by atoms with E-state index in [1.807, 2.05) is 35.7 Å². The van der Waals surface area contributed by atoms with Crippen molar-refractivity contribution >= 4 is 11.9 Å². The van der Waals surface area contributed by atoms with Crippen molar-refractivity contribution in [2.45, 2.75) is 13.3 Å². The van der Waals surface area contributed by atoms with Gasteiger partial charge in [0.2, 0.25) is 0 Å². The van der Waals surface area contributed by atoms with Crippen LogP contribution in [-0.4, -0.2) is 15.7 Å². The molecule has 0 unspecified atom stereocenters. The molecule has 2 aromatic rings. The van der Waals surface area contributed by atoms with Crippen LogP contribution in [0.3, 0.4) is 0 Å². The summed E-state index contributed by atoms with van der Waals surface area (Å²) in [5.41, 5.74) is 2.36. The minimum absolute atomic E-state index is 0.550. The molecule has 0 aliphatic rings. The number of hydrogen-bond donors (Lipinski definition) is 0. The van der Waals surface area contributed by atoms with Crippen LogP contribution in [0.25, 0.3) is 5.65 Å². The number of aromatic nitrogens is 2. The fourth-order valence-electron chi connectivity index (χ4n) is 1.51. The number of rotatable bonds is 2. The fraction of sp³-hybridized carbons (Fsp3) is 0.200. The van der Waals surface area contributed by atoms with E-state index in [4.69, 9.17) is 0 Å². The fourth-order valence-corrected chi connectivity index (χ4v) is 1.51. The van der Waals surface area contributed by atoms with Gasteiger partial charge in [0, 0.05) is 6.20 Å². The molecule has 66 valence electrons. The first-order valence-corrected chi connectivity index (χ1v) is 4.28. The third-order valence-corrected chi connectivity index (χ3v) is 2.11. The molecule has 0 bridgehead atoms. The van der Waals surface area contributed by atoms with Crippen LogP contribution >= 0.6 is 0 Å². The Morgan fingerprint density at radius 3 is 3.08 bits per heavy atom. The molecular weight excluding hydrogens is 164 g/mol. The maximum Gasteiger partial charge on any atom is 0.170 e. The van der Waals surface area contributed by atoms with Gasteiger partial charge in [0.15, 0.2) is 6.29 Å². The Kier molecular flexibility index (Phi) is 1.85. The molecule has 2 aromatic heterocycles. The number of imidazole rings is 1. The largest absolute Gasteiger partial charge is 0.303 e. The zero-order chi connectivity index (χ0) is 9.26. The lowest BCUT2D eigenvalue weighted by Crippen LogP contribution is -1.92. The molecule has 13 heavy (non-hydrogen) atoms. The number of aldehydes is 1. The van der Waals surface area contributed by atoms with E-state index in [-0.39, 0.29) is 0 Å². The Balaban J connectivity index is 2.81. The molecule has 0 atom stereocenters. The Labute approximate surface area is 76.0 Å². The van der Waals surface area contributed by atoms with E-state index in [2.05, 4.69) is 4.98 Å². The van der Waals surface area contributed by atoms with Gasteiger partial charge >= 0.3 is 0 Å². The van der Waals surface area contributed by atoms with E-state index in [9.17, 15) is 4.79 Å². The second-order valence-corrected chi connectivity index (χ2v) is 2.84. The lowest BCUT2D eigenvalue weighted by Gasteiger charge is -1.96. The highest BCUT2D eigenvalue weighted by molar-refractivity contribution is 5.75. The van der Waals surface area contributed by atoms with Crippen LogP contribution in [0.4, 0.5) is 0 Å². The van der Waals surface area contributed by atoms with Gasteiger partial charge in [0.05, 0.1) is 5.69 Å². The van der Waals surface area contributed by atoms with Gasteiger partial charge in [0.25, 0.3) is 0 Å². The minimum Gasteiger partial charge on any atom is -0.303 e. The third-order valence-electron chi connectivity index (χ3n) is 2.11.